The van der Waals surface area contributed by atoms with Gasteiger partial charge in [0, 0.05) is 45.3 Å². The monoisotopic (exact) mass is 212 g/mol. The molecule has 0 bridgehead atoms. The Morgan fingerprint density at radius 1 is 1.27 bits per heavy atom. The molecule has 0 unspecified atom stereocenters. The van der Waals surface area contributed by atoms with Gasteiger partial charge in [-0.25, -0.2) is 0 Å². The van der Waals surface area contributed by atoms with E-state index in [0.717, 1.165) is 39.3 Å². The first-order chi connectivity index (χ1) is 7.15. The van der Waals surface area contributed by atoms with Crippen molar-refractivity contribution >= 4 is 5.91 Å². The van der Waals surface area contributed by atoms with Crippen LogP contribution in [0, 0.1) is 0 Å². The van der Waals surface area contributed by atoms with Gasteiger partial charge in [-0.3, -0.25) is 9.69 Å². The fourth-order valence-corrected chi connectivity index (χ4v) is 2.09. The number of hydrogen-bond donors (Lipinski definition) is 1. The molecule has 0 aliphatic carbocycles. The Kier molecular flexibility index (Phi) is 3.23. The maximum absolute atomic E-state index is 11.8. The summed E-state index contributed by atoms with van der Waals surface area (Å²) < 4.78 is 0. The zero-order valence-electron chi connectivity index (χ0n) is 9.35. The van der Waals surface area contributed by atoms with Crippen LogP contribution in [-0.4, -0.2) is 79.5 Å². The van der Waals surface area contributed by atoms with Crippen molar-refractivity contribution in [2.75, 3.05) is 52.9 Å². The second-order valence-corrected chi connectivity index (χ2v) is 4.64. The van der Waals surface area contributed by atoms with E-state index in [1.54, 1.807) is 0 Å². The second kappa shape index (κ2) is 4.47. The van der Waals surface area contributed by atoms with E-state index in [-0.39, 0.29) is 11.9 Å². The van der Waals surface area contributed by atoms with E-state index in [0.29, 0.717) is 6.54 Å². The van der Waals surface area contributed by atoms with Crippen LogP contribution < -0.4 is 5.73 Å². The Hall–Kier alpha value is -0.650. The summed E-state index contributed by atoms with van der Waals surface area (Å²) in [5, 5.41) is 0. The predicted molar refractivity (Wildman–Crippen MR) is 58.5 cm³/mol. The third-order valence-electron chi connectivity index (χ3n) is 3.20. The minimum atomic E-state index is 0.259. The van der Waals surface area contributed by atoms with E-state index in [1.807, 2.05) is 4.90 Å². The number of piperazine rings is 1. The molecule has 0 aromatic heterocycles. The predicted octanol–water partition coefficient (Wildman–Crippen LogP) is -1.60. The van der Waals surface area contributed by atoms with Crippen molar-refractivity contribution in [1.82, 2.24) is 14.7 Å². The van der Waals surface area contributed by atoms with Gasteiger partial charge >= 0.3 is 0 Å². The maximum atomic E-state index is 11.8. The van der Waals surface area contributed by atoms with Crippen LogP contribution in [0.4, 0.5) is 0 Å². The largest absolute Gasteiger partial charge is 0.339 e. The first-order valence-electron chi connectivity index (χ1n) is 5.59. The zero-order valence-corrected chi connectivity index (χ0v) is 9.35. The van der Waals surface area contributed by atoms with Crippen molar-refractivity contribution in [1.29, 1.82) is 0 Å². The van der Waals surface area contributed by atoms with Gasteiger partial charge in [0.25, 0.3) is 0 Å². The van der Waals surface area contributed by atoms with Crippen molar-refractivity contribution in [3.05, 3.63) is 0 Å². The lowest BCUT2D eigenvalue weighted by Crippen LogP contribution is -2.59. The van der Waals surface area contributed by atoms with Gasteiger partial charge in [-0.2, -0.15) is 0 Å². The van der Waals surface area contributed by atoms with Crippen LogP contribution in [0.1, 0.15) is 0 Å². The number of nitrogens with two attached hydrogens (primary N) is 1. The highest BCUT2D eigenvalue weighted by Crippen LogP contribution is 2.07. The van der Waals surface area contributed by atoms with Gasteiger partial charge in [0.05, 0.1) is 6.54 Å². The molecular formula is C10H20N4O. The van der Waals surface area contributed by atoms with Crippen molar-refractivity contribution in [3.63, 3.8) is 0 Å². The van der Waals surface area contributed by atoms with Crippen molar-refractivity contribution in [2.24, 2.45) is 5.73 Å². The quantitative estimate of drug-likeness (QED) is 0.599. The van der Waals surface area contributed by atoms with E-state index in [9.17, 15) is 4.79 Å². The van der Waals surface area contributed by atoms with Crippen molar-refractivity contribution in [3.8, 4) is 0 Å². The molecule has 0 aromatic carbocycles. The number of hydrogen-bond acceptors (Lipinski definition) is 4. The van der Waals surface area contributed by atoms with Crippen LogP contribution in [0.2, 0.25) is 0 Å². The molecule has 2 N–H and O–H groups in total. The van der Waals surface area contributed by atoms with Gasteiger partial charge in [-0.15, -0.1) is 0 Å². The van der Waals surface area contributed by atoms with Gasteiger partial charge < -0.3 is 15.5 Å². The number of amides is 1. The summed E-state index contributed by atoms with van der Waals surface area (Å²) >= 11 is 0. The second-order valence-electron chi connectivity index (χ2n) is 4.64. The Morgan fingerprint density at radius 3 is 2.40 bits per heavy atom. The number of carbonyl (C=O) groups excluding carboxylic acids is 1. The first kappa shape index (κ1) is 10.9. The van der Waals surface area contributed by atoms with E-state index >= 15 is 0 Å². The Balaban J connectivity index is 1.71. The molecule has 1 amide bonds. The number of carbonyl (C=O) groups is 1. The fraction of sp³-hybridized carbons (Fsp3) is 0.900. The molecule has 0 radical (unpaired) electrons. The lowest BCUT2D eigenvalue weighted by Gasteiger charge is -2.39. The smallest absolute Gasteiger partial charge is 0.236 e. The molecular weight excluding hydrogens is 192 g/mol. The third kappa shape index (κ3) is 2.68. The number of rotatable bonds is 2. The van der Waals surface area contributed by atoms with Crippen LogP contribution >= 0.6 is 0 Å². The Labute approximate surface area is 90.8 Å². The van der Waals surface area contributed by atoms with Crippen LogP contribution in [0.25, 0.3) is 0 Å². The average molecular weight is 212 g/mol. The summed E-state index contributed by atoms with van der Waals surface area (Å²) in [5.74, 6) is 0.259. The van der Waals surface area contributed by atoms with E-state index < -0.39 is 0 Å². The molecule has 2 aliphatic rings. The van der Waals surface area contributed by atoms with Gasteiger partial charge in [-0.1, -0.05) is 0 Å². The molecule has 5 nitrogen and oxygen atoms in total. The summed E-state index contributed by atoms with van der Waals surface area (Å²) in [6.07, 6.45) is 0. The highest BCUT2D eigenvalue weighted by Gasteiger charge is 2.27. The molecule has 15 heavy (non-hydrogen) atoms. The molecule has 86 valence electrons. The van der Waals surface area contributed by atoms with Crippen molar-refractivity contribution in [2.45, 2.75) is 6.04 Å². The van der Waals surface area contributed by atoms with Gasteiger partial charge in [0.15, 0.2) is 0 Å². The fourth-order valence-electron chi connectivity index (χ4n) is 2.09. The topological polar surface area (TPSA) is 52.8 Å². The summed E-state index contributed by atoms with van der Waals surface area (Å²) in [5.41, 5.74) is 5.67. The van der Waals surface area contributed by atoms with Gasteiger partial charge in [0.2, 0.25) is 5.91 Å². The van der Waals surface area contributed by atoms with Crippen molar-refractivity contribution < 1.29 is 4.79 Å². The van der Waals surface area contributed by atoms with Crippen LogP contribution in [-0.2, 0) is 4.79 Å². The molecule has 2 rings (SSSR count). The molecule has 5 heteroatoms. The molecule has 2 fully saturated rings. The molecule has 2 aliphatic heterocycles. The minimum absolute atomic E-state index is 0.259. The minimum Gasteiger partial charge on any atom is -0.339 e. The van der Waals surface area contributed by atoms with E-state index in [2.05, 4.69) is 16.8 Å². The SMILES string of the molecule is CN1CCN(C(=O)CN2CC(N)C2)CC1. The highest BCUT2D eigenvalue weighted by molar-refractivity contribution is 5.78. The normalized spacial score (nSPS) is 25.3. The molecule has 0 atom stereocenters. The molecule has 0 saturated carbocycles. The van der Waals surface area contributed by atoms with Crippen LogP contribution in [0.15, 0.2) is 0 Å². The van der Waals surface area contributed by atoms with Crippen LogP contribution in [0.3, 0.4) is 0 Å². The Morgan fingerprint density at radius 2 is 1.87 bits per heavy atom. The summed E-state index contributed by atoms with van der Waals surface area (Å²) in [4.78, 5) is 18.2. The first-order valence-corrected chi connectivity index (χ1v) is 5.59. The molecule has 2 heterocycles. The van der Waals surface area contributed by atoms with Gasteiger partial charge in [-0.05, 0) is 7.05 Å². The molecule has 0 spiro atoms. The summed E-state index contributed by atoms with van der Waals surface area (Å²) in [6.45, 7) is 6.03. The zero-order chi connectivity index (χ0) is 10.8. The molecule has 2 saturated heterocycles. The molecule has 0 aromatic rings. The third-order valence-corrected chi connectivity index (χ3v) is 3.20. The van der Waals surface area contributed by atoms with Gasteiger partial charge in [0.1, 0.15) is 0 Å². The number of likely N-dealkylation sites (tertiary alicyclic amines) is 1. The summed E-state index contributed by atoms with van der Waals surface area (Å²) in [7, 11) is 2.09. The Bertz CT molecular complexity index is 232. The maximum Gasteiger partial charge on any atom is 0.236 e. The van der Waals surface area contributed by atoms with Crippen LogP contribution in [0.5, 0.6) is 0 Å². The lowest BCUT2D eigenvalue weighted by atomic mass is 10.1. The number of nitrogens with zero attached hydrogens (tertiary/aromatic N) is 3. The highest BCUT2D eigenvalue weighted by atomic mass is 16.2. The number of likely N-dealkylation sites (N-methyl/N-ethyl adjacent to an activating group) is 1. The average Bonchev–Trinajstić information content (AvgIpc) is 2.16. The standard InChI is InChI=1S/C10H20N4O/c1-12-2-4-14(5-3-12)10(15)8-13-6-9(11)7-13/h9H,2-8,11H2,1H3. The summed E-state index contributed by atoms with van der Waals surface area (Å²) in [6, 6.07) is 0.283. The lowest BCUT2D eigenvalue weighted by molar-refractivity contribution is -0.135. The van der Waals surface area contributed by atoms with E-state index in [1.165, 1.54) is 0 Å². The van der Waals surface area contributed by atoms with E-state index in [4.69, 9.17) is 5.73 Å².